The van der Waals surface area contributed by atoms with Gasteiger partial charge in [0.1, 0.15) is 5.82 Å². The van der Waals surface area contributed by atoms with Crippen LogP contribution >= 0.6 is 0 Å². The molecule has 4 nitrogen and oxygen atoms in total. The Morgan fingerprint density at radius 3 is 2.32 bits per heavy atom. The first-order valence-corrected chi connectivity index (χ1v) is 13.3. The number of hydrogen-bond donors (Lipinski definition) is 0. The molecule has 0 amide bonds. The minimum atomic E-state index is -0.455. The van der Waals surface area contributed by atoms with Gasteiger partial charge in [0.25, 0.3) is 0 Å². The summed E-state index contributed by atoms with van der Waals surface area (Å²) in [6.45, 7) is 13.4. The van der Waals surface area contributed by atoms with Gasteiger partial charge in [0.2, 0.25) is 0 Å². The van der Waals surface area contributed by atoms with Crippen LogP contribution in [-0.4, -0.2) is 23.4 Å². The van der Waals surface area contributed by atoms with Gasteiger partial charge in [0.15, 0.2) is 11.2 Å². The van der Waals surface area contributed by atoms with E-state index in [0.717, 1.165) is 36.2 Å². The molecule has 3 aromatic carbocycles. The fraction of sp³-hybridized carbons (Fsp3) is 0.273. The van der Waals surface area contributed by atoms with Crippen LogP contribution in [-0.2, 0) is 6.54 Å². The number of fused-ring (bicyclic) bond motifs is 1. The molecule has 0 aliphatic carbocycles. The van der Waals surface area contributed by atoms with Gasteiger partial charge in [-0.1, -0.05) is 88.0 Å². The molecular weight excluding hydrogens is 475 g/mol. The van der Waals surface area contributed by atoms with Gasteiger partial charge >= 0.3 is 0 Å². The van der Waals surface area contributed by atoms with Gasteiger partial charge in [-0.25, -0.2) is 4.39 Å². The third-order valence-corrected chi connectivity index (χ3v) is 7.06. The quantitative estimate of drug-likeness (QED) is 0.251. The Labute approximate surface area is 224 Å². The molecule has 1 aromatic heterocycles. The average molecular weight is 511 g/mol. The van der Waals surface area contributed by atoms with E-state index in [2.05, 4.69) is 37.8 Å². The summed E-state index contributed by atoms with van der Waals surface area (Å²) in [4.78, 5) is 27.6. The van der Waals surface area contributed by atoms with Crippen LogP contribution in [0.2, 0.25) is 0 Å². The molecular formula is C33H35FN2O2. The summed E-state index contributed by atoms with van der Waals surface area (Å²) in [6.07, 6.45) is 4.23. The Balaban J connectivity index is 0.00000164. The number of halogens is 1. The molecule has 5 heteroatoms. The minimum Gasteiger partial charge on any atom is -0.368 e. The first-order chi connectivity index (χ1) is 18.4. The predicted octanol–water partition coefficient (Wildman–Crippen LogP) is 7.57. The Morgan fingerprint density at radius 2 is 1.74 bits per heavy atom. The molecule has 0 N–H and O–H groups in total. The predicted molar refractivity (Wildman–Crippen MR) is 157 cm³/mol. The van der Waals surface area contributed by atoms with Crippen molar-refractivity contribution in [3.63, 3.8) is 0 Å². The summed E-state index contributed by atoms with van der Waals surface area (Å²) in [6, 6.07) is 19.6. The second kappa shape index (κ2) is 11.6. The SMILES string of the molecule is C=Cc1c(N2CCC(C)C2)c(F)cc2c(=O)c(C(C)=O)cn(Cc3ccc(-c4ccccc4)cc3)c12.CC. The third-order valence-electron chi connectivity index (χ3n) is 7.06. The topological polar surface area (TPSA) is 42.3 Å². The maximum Gasteiger partial charge on any atom is 0.200 e. The lowest BCUT2D eigenvalue weighted by molar-refractivity contribution is 0.101. The number of rotatable bonds is 6. The molecule has 1 unspecified atom stereocenters. The number of carbonyl (C=O) groups excluding carboxylic acids is 1. The van der Waals surface area contributed by atoms with Gasteiger partial charge in [-0.2, -0.15) is 0 Å². The van der Waals surface area contributed by atoms with E-state index >= 15 is 4.39 Å². The first kappa shape index (κ1) is 27.1. The van der Waals surface area contributed by atoms with E-state index < -0.39 is 11.2 Å². The summed E-state index contributed by atoms with van der Waals surface area (Å²) < 4.78 is 17.4. The molecule has 1 aliphatic rings. The Hall–Kier alpha value is -3.99. The molecule has 0 saturated carbocycles. The number of carbonyl (C=O) groups is 1. The van der Waals surface area contributed by atoms with Crippen molar-refractivity contribution in [2.75, 3.05) is 18.0 Å². The van der Waals surface area contributed by atoms with Gasteiger partial charge in [-0.05, 0) is 42.0 Å². The highest BCUT2D eigenvalue weighted by Gasteiger charge is 2.27. The molecule has 38 heavy (non-hydrogen) atoms. The third kappa shape index (κ3) is 5.19. The smallest absolute Gasteiger partial charge is 0.200 e. The van der Waals surface area contributed by atoms with Gasteiger partial charge in [-0.3, -0.25) is 9.59 Å². The highest BCUT2D eigenvalue weighted by molar-refractivity contribution is 6.00. The molecule has 196 valence electrons. The second-order valence-electron chi connectivity index (χ2n) is 9.68. The Morgan fingerprint density at radius 1 is 1.08 bits per heavy atom. The second-order valence-corrected chi connectivity index (χ2v) is 9.68. The maximum absolute atomic E-state index is 15.5. The van der Waals surface area contributed by atoms with Crippen molar-refractivity contribution in [2.24, 2.45) is 5.92 Å². The van der Waals surface area contributed by atoms with Gasteiger partial charge in [0.05, 0.1) is 22.2 Å². The maximum atomic E-state index is 15.5. The molecule has 1 atom stereocenters. The van der Waals surface area contributed by atoms with Crippen LogP contribution in [0.4, 0.5) is 10.1 Å². The number of anilines is 1. The number of nitrogens with zero attached hydrogens (tertiary/aromatic N) is 2. The van der Waals surface area contributed by atoms with Crippen molar-refractivity contribution < 1.29 is 9.18 Å². The highest BCUT2D eigenvalue weighted by atomic mass is 19.1. The first-order valence-electron chi connectivity index (χ1n) is 13.3. The number of Topliss-reactive ketones (excluding diaryl/α,β-unsaturated/α-hetero) is 1. The van der Waals surface area contributed by atoms with E-state index in [9.17, 15) is 9.59 Å². The van der Waals surface area contributed by atoms with E-state index in [1.807, 2.05) is 53.6 Å². The Bertz CT molecular complexity index is 1520. The fourth-order valence-corrected chi connectivity index (χ4v) is 5.21. The Kier molecular flexibility index (Phi) is 8.26. The molecule has 1 saturated heterocycles. The van der Waals surface area contributed by atoms with Crippen LogP contribution in [0.25, 0.3) is 28.1 Å². The molecule has 5 rings (SSSR count). The molecule has 0 spiro atoms. The van der Waals surface area contributed by atoms with E-state index in [-0.39, 0.29) is 16.7 Å². The molecule has 4 aromatic rings. The average Bonchev–Trinajstić information content (AvgIpc) is 3.37. The number of hydrogen-bond acceptors (Lipinski definition) is 3. The monoisotopic (exact) mass is 510 g/mol. The number of pyridine rings is 1. The summed E-state index contributed by atoms with van der Waals surface area (Å²) >= 11 is 0. The van der Waals surface area contributed by atoms with Crippen LogP contribution < -0.4 is 10.3 Å². The molecule has 1 aliphatic heterocycles. The standard InChI is InChI=1S/C31H29FN2O2.C2H6/c1-4-25-29-26(16-28(32)30(25)33-15-14-20(2)17-33)31(36)27(21(3)35)19-34(29)18-22-10-12-24(13-11-22)23-8-6-5-7-9-23;1-2/h4-13,16,19-20H,1,14-15,17-18H2,2-3H3;1-2H3. The van der Waals surface area contributed by atoms with Crippen LogP contribution in [0.15, 0.2) is 78.2 Å². The van der Waals surface area contributed by atoms with Crippen LogP contribution in [0, 0.1) is 11.7 Å². The number of benzene rings is 3. The lowest BCUT2D eigenvalue weighted by atomic mass is 10.0. The van der Waals surface area contributed by atoms with Crippen molar-refractivity contribution in [3.05, 3.63) is 106 Å². The van der Waals surface area contributed by atoms with Crippen molar-refractivity contribution in [1.82, 2.24) is 4.57 Å². The molecule has 1 fully saturated rings. The molecule has 2 heterocycles. The van der Waals surface area contributed by atoms with Gasteiger partial charge in [-0.15, -0.1) is 0 Å². The zero-order chi connectivity index (χ0) is 27.4. The lowest BCUT2D eigenvalue weighted by Gasteiger charge is -2.24. The minimum absolute atomic E-state index is 0.0559. The normalized spacial score (nSPS) is 14.8. The van der Waals surface area contributed by atoms with Crippen LogP contribution in [0.5, 0.6) is 0 Å². The van der Waals surface area contributed by atoms with Crippen molar-refractivity contribution >= 4 is 28.4 Å². The summed E-state index contributed by atoms with van der Waals surface area (Å²) in [7, 11) is 0. The van der Waals surface area contributed by atoms with Gasteiger partial charge in [0, 0.05) is 31.4 Å². The van der Waals surface area contributed by atoms with Gasteiger partial charge < -0.3 is 9.47 Å². The number of ketones is 1. The largest absolute Gasteiger partial charge is 0.368 e. The van der Waals surface area contributed by atoms with Crippen LogP contribution in [0.1, 0.15) is 55.6 Å². The van der Waals surface area contributed by atoms with E-state index in [1.165, 1.54) is 13.0 Å². The summed E-state index contributed by atoms with van der Waals surface area (Å²) in [5.41, 5.74) is 4.51. The fourth-order valence-electron chi connectivity index (χ4n) is 5.21. The summed E-state index contributed by atoms with van der Waals surface area (Å²) in [5, 5.41) is 0.201. The zero-order valence-electron chi connectivity index (χ0n) is 22.6. The summed E-state index contributed by atoms with van der Waals surface area (Å²) in [5.74, 6) is -0.334. The van der Waals surface area contributed by atoms with E-state index in [1.54, 1.807) is 12.3 Å². The lowest BCUT2D eigenvalue weighted by Crippen LogP contribution is -2.24. The van der Waals surface area contributed by atoms with Crippen LogP contribution in [0.3, 0.4) is 0 Å². The highest BCUT2D eigenvalue weighted by Crippen LogP contribution is 2.35. The number of aromatic nitrogens is 1. The van der Waals surface area contributed by atoms with Crippen molar-refractivity contribution in [1.29, 1.82) is 0 Å². The molecule has 0 bridgehead atoms. The van der Waals surface area contributed by atoms with Crippen molar-refractivity contribution in [2.45, 2.75) is 40.7 Å². The van der Waals surface area contributed by atoms with E-state index in [0.29, 0.717) is 29.2 Å². The van der Waals surface area contributed by atoms with E-state index in [4.69, 9.17) is 0 Å². The zero-order valence-corrected chi connectivity index (χ0v) is 22.6. The van der Waals surface area contributed by atoms with Crippen molar-refractivity contribution in [3.8, 4) is 11.1 Å². The molecule has 0 radical (unpaired) electrons.